The van der Waals surface area contributed by atoms with Gasteiger partial charge in [-0.3, -0.25) is 0 Å². The summed E-state index contributed by atoms with van der Waals surface area (Å²) in [5.41, 5.74) is 20.5. The van der Waals surface area contributed by atoms with E-state index in [0.29, 0.717) is 38.5 Å². The van der Waals surface area contributed by atoms with Gasteiger partial charge in [0.15, 0.2) is 0 Å². The fraction of sp³-hybridized carbons (Fsp3) is 0.833. The maximum atomic E-state index is 10.0. The molecule has 0 aliphatic heterocycles. The van der Waals surface area contributed by atoms with Crippen LogP contribution in [0.2, 0.25) is 0 Å². The van der Waals surface area contributed by atoms with E-state index in [-0.39, 0.29) is 0 Å². The van der Waals surface area contributed by atoms with Gasteiger partial charge >= 0.3 is 0 Å². The topological polar surface area (TPSA) is 407 Å². The summed E-state index contributed by atoms with van der Waals surface area (Å²) in [6.07, 6.45) is 15.4. The highest BCUT2D eigenvalue weighted by molar-refractivity contribution is 5.70. The van der Waals surface area contributed by atoms with Crippen molar-refractivity contribution in [2.75, 3.05) is 0 Å². The fourth-order valence-electron chi connectivity index (χ4n) is 3.41. The molecule has 0 spiro atoms. The van der Waals surface area contributed by atoms with E-state index in [1.165, 1.54) is 0 Å². The lowest BCUT2D eigenvalue weighted by Crippen LogP contribution is -2.68. The number of quaternary nitrogens is 6. The Morgan fingerprint density at radius 2 is 0.389 bits per heavy atom. The summed E-state index contributed by atoms with van der Waals surface area (Å²) < 4.78 is 0. The molecule has 0 aromatic carbocycles. The van der Waals surface area contributed by atoms with Gasteiger partial charge in [0.05, 0.1) is 35.8 Å². The molecule has 0 saturated carbocycles. The van der Waals surface area contributed by atoms with Crippen LogP contribution in [0.4, 0.5) is 0 Å². The van der Waals surface area contributed by atoms with Gasteiger partial charge in [-0.15, -0.1) is 0 Å². The van der Waals surface area contributed by atoms with Gasteiger partial charge in [0.1, 0.15) is 36.3 Å². The first-order valence-corrected chi connectivity index (χ1v) is 19.3. The molecule has 0 radical (unpaired) electrons. The molecule has 0 heterocycles. The van der Waals surface area contributed by atoms with Crippen molar-refractivity contribution < 1.29 is 93.8 Å². The zero-order chi connectivity index (χ0) is 43.7. The number of hydrogen-bond acceptors (Lipinski definition) is 12. The Bertz CT molecular complexity index is 744. The van der Waals surface area contributed by atoms with Crippen LogP contribution in [-0.2, 0) is 28.8 Å². The van der Waals surface area contributed by atoms with Crippen LogP contribution >= 0.6 is 0 Å². The number of aliphatic carboxylic acids is 6. The number of carboxylic acids is 6. The van der Waals surface area contributed by atoms with E-state index in [9.17, 15) is 59.4 Å². The molecular formula is C36H78N6O12. The van der Waals surface area contributed by atoms with Crippen LogP contribution < -0.4 is 65.0 Å². The van der Waals surface area contributed by atoms with E-state index in [4.69, 9.17) is 0 Å². The molecule has 6 atom stereocenters. The SMILES string of the molecule is CCCC[C@H]([NH3+])C(=O)[O-].CCCC[C@H]([NH3+])C(=O)[O-].CCCC[C@H]([NH3+])C(=O)[O-].CCCC[C@H]([NH3+])C(=O)[O-].CCCC[C@H]([NH3+])C(=O)[O-].CCCC[C@H]([NH3+])C(=O)[O-]. The van der Waals surface area contributed by atoms with Crippen molar-refractivity contribution in [3.63, 3.8) is 0 Å². The molecule has 18 heteroatoms. The quantitative estimate of drug-likeness (QED) is 0.0531. The number of carbonyl (C=O) groups is 6. The number of hydrogen-bond donors (Lipinski definition) is 6. The van der Waals surface area contributed by atoms with Gasteiger partial charge in [0, 0.05) is 38.5 Å². The number of carbonyl (C=O) groups excluding carboxylic acids is 6. The highest BCUT2D eigenvalue weighted by Crippen LogP contribution is 1.97. The summed E-state index contributed by atoms with van der Waals surface area (Å²) in [6, 6.07) is -3.14. The first kappa shape index (κ1) is 62.6. The second kappa shape index (κ2) is 45.7. The molecule has 0 bridgehead atoms. The lowest BCUT2D eigenvalue weighted by molar-refractivity contribution is -0.438. The molecule has 0 aromatic rings. The monoisotopic (exact) mass is 787 g/mol. The summed E-state index contributed by atoms with van der Waals surface area (Å²) in [4.78, 5) is 60.2. The Labute approximate surface area is 322 Å². The maximum Gasteiger partial charge on any atom is 0.124 e. The largest absolute Gasteiger partial charge is 0.544 e. The Balaban J connectivity index is -0.000000128. The van der Waals surface area contributed by atoms with Crippen molar-refractivity contribution in [2.45, 2.75) is 193 Å². The minimum absolute atomic E-state index is 0.523. The van der Waals surface area contributed by atoms with Crippen LogP contribution in [0, 0.1) is 0 Å². The minimum Gasteiger partial charge on any atom is -0.544 e. The van der Waals surface area contributed by atoms with Crippen LogP contribution in [0.1, 0.15) is 157 Å². The lowest BCUT2D eigenvalue weighted by atomic mass is 10.1. The average Bonchev–Trinajstić information content (AvgIpc) is 3.12. The van der Waals surface area contributed by atoms with Crippen molar-refractivity contribution in [3.05, 3.63) is 0 Å². The third kappa shape index (κ3) is 55.3. The van der Waals surface area contributed by atoms with Crippen molar-refractivity contribution in [1.29, 1.82) is 0 Å². The molecule has 54 heavy (non-hydrogen) atoms. The molecule has 0 aromatic heterocycles. The second-order valence-corrected chi connectivity index (χ2v) is 12.9. The molecule has 18 N–H and O–H groups in total. The summed E-state index contributed by atoms with van der Waals surface area (Å²) in [7, 11) is 0. The summed E-state index contributed by atoms with van der Waals surface area (Å²) in [6.45, 7) is 12.1. The van der Waals surface area contributed by atoms with E-state index < -0.39 is 72.1 Å². The molecule has 0 amide bonds. The van der Waals surface area contributed by atoms with Crippen molar-refractivity contribution >= 4 is 35.8 Å². The van der Waals surface area contributed by atoms with E-state index in [1.807, 2.05) is 41.5 Å². The molecule has 0 fully saturated rings. The number of unbranched alkanes of at least 4 members (excludes halogenated alkanes) is 6. The molecule has 0 saturated heterocycles. The molecular weight excluding hydrogens is 708 g/mol. The Kier molecular flexibility index (Phi) is 53.0. The molecule has 324 valence electrons. The first-order valence-electron chi connectivity index (χ1n) is 19.3. The van der Waals surface area contributed by atoms with Crippen LogP contribution in [0.25, 0.3) is 0 Å². The molecule has 0 aliphatic carbocycles. The highest BCUT2D eigenvalue weighted by Gasteiger charge is 2.07. The number of rotatable bonds is 24. The van der Waals surface area contributed by atoms with Gasteiger partial charge in [0.2, 0.25) is 0 Å². The van der Waals surface area contributed by atoms with E-state index >= 15 is 0 Å². The Morgan fingerprint density at radius 3 is 0.444 bits per heavy atom. The van der Waals surface area contributed by atoms with Gasteiger partial charge in [-0.1, -0.05) is 80.1 Å². The smallest absolute Gasteiger partial charge is 0.124 e. The van der Waals surface area contributed by atoms with Crippen molar-refractivity contribution in [1.82, 2.24) is 0 Å². The molecule has 0 rings (SSSR count). The van der Waals surface area contributed by atoms with Crippen molar-refractivity contribution in [2.24, 2.45) is 0 Å². The predicted octanol–water partition coefficient (Wildman–Crippen LogP) is -8.78. The van der Waals surface area contributed by atoms with Gasteiger partial charge in [-0.05, 0) is 38.5 Å². The number of carboxylic acid groups (broad SMARTS) is 6. The summed E-state index contributed by atoms with van der Waals surface area (Å²) in [5.74, 6) is -6.23. The van der Waals surface area contributed by atoms with Crippen LogP contribution in [0.15, 0.2) is 0 Å². The van der Waals surface area contributed by atoms with Gasteiger partial charge in [-0.25, -0.2) is 0 Å². The van der Waals surface area contributed by atoms with Crippen molar-refractivity contribution in [3.8, 4) is 0 Å². The summed E-state index contributed by atoms with van der Waals surface area (Å²) >= 11 is 0. The Hall–Kier alpha value is -3.42. The molecule has 18 nitrogen and oxygen atoms in total. The second-order valence-electron chi connectivity index (χ2n) is 12.9. The van der Waals surface area contributed by atoms with E-state index in [0.717, 1.165) is 77.0 Å². The van der Waals surface area contributed by atoms with Crippen LogP contribution in [0.3, 0.4) is 0 Å². The third-order valence-electron chi connectivity index (χ3n) is 7.44. The third-order valence-corrected chi connectivity index (χ3v) is 7.44. The lowest BCUT2D eigenvalue weighted by Gasteiger charge is -2.06. The first-order chi connectivity index (χ1) is 25.1. The highest BCUT2D eigenvalue weighted by atomic mass is 16.4. The van der Waals surface area contributed by atoms with Gasteiger partial charge in [0.25, 0.3) is 0 Å². The van der Waals surface area contributed by atoms with Crippen LogP contribution in [0.5, 0.6) is 0 Å². The van der Waals surface area contributed by atoms with Gasteiger partial charge in [-0.2, -0.15) is 0 Å². The maximum absolute atomic E-state index is 10.0. The van der Waals surface area contributed by atoms with E-state index in [2.05, 4.69) is 34.4 Å². The fourth-order valence-corrected chi connectivity index (χ4v) is 3.41. The van der Waals surface area contributed by atoms with E-state index in [1.54, 1.807) is 0 Å². The molecule has 0 aliphatic rings. The zero-order valence-electron chi connectivity index (χ0n) is 34.3. The minimum atomic E-state index is -1.04. The predicted molar refractivity (Wildman–Crippen MR) is 187 cm³/mol. The summed E-state index contributed by atoms with van der Waals surface area (Å²) in [5, 5.41) is 60.2. The average molecular weight is 787 g/mol. The van der Waals surface area contributed by atoms with Gasteiger partial charge < -0.3 is 93.8 Å². The van der Waals surface area contributed by atoms with Crippen LogP contribution in [-0.4, -0.2) is 72.1 Å². The normalized spacial score (nSPS) is 13.1. The Morgan fingerprint density at radius 1 is 0.296 bits per heavy atom. The standard InChI is InChI=1S/6C6H13NO2/c6*1-2-3-4-5(7)6(8)9/h6*5H,2-4,7H2,1H3,(H,8,9)/t6*5-/m000000/s1. The molecule has 0 unspecified atom stereocenters. The zero-order valence-corrected chi connectivity index (χ0v) is 34.3.